The number of hydrogen-bond acceptors (Lipinski definition) is 2. The van der Waals surface area contributed by atoms with E-state index in [2.05, 4.69) is 18.8 Å². The highest BCUT2D eigenvalue weighted by molar-refractivity contribution is 4.90. The van der Waals surface area contributed by atoms with Crippen LogP contribution in [-0.2, 0) is 0 Å². The monoisotopic (exact) mass is 238 g/mol. The lowest BCUT2D eigenvalue weighted by Gasteiger charge is -2.22. The molecule has 0 aliphatic heterocycles. The van der Waals surface area contributed by atoms with Gasteiger partial charge in [-0.15, -0.1) is 0 Å². The van der Waals surface area contributed by atoms with Gasteiger partial charge in [0.05, 0.1) is 0 Å². The zero-order valence-electron chi connectivity index (χ0n) is 11.7. The number of nitrogens with two attached hydrogens (primary N) is 1. The Morgan fingerprint density at radius 2 is 1.59 bits per heavy atom. The normalized spacial score (nSPS) is 29.4. The van der Waals surface area contributed by atoms with Gasteiger partial charge in [0, 0.05) is 17.8 Å². The molecule has 2 aliphatic carbocycles. The van der Waals surface area contributed by atoms with Crippen molar-refractivity contribution in [3.05, 3.63) is 12.3 Å². The fourth-order valence-electron chi connectivity index (χ4n) is 2.70. The maximum absolute atomic E-state index is 5.70. The summed E-state index contributed by atoms with van der Waals surface area (Å²) in [6.45, 7) is 8.14. The molecule has 0 aromatic carbocycles. The molecule has 0 bridgehead atoms. The van der Waals surface area contributed by atoms with Crippen molar-refractivity contribution in [2.75, 3.05) is 0 Å². The lowest BCUT2D eigenvalue weighted by Crippen LogP contribution is -2.25. The van der Waals surface area contributed by atoms with Crippen LogP contribution in [0.15, 0.2) is 12.3 Å². The van der Waals surface area contributed by atoms with E-state index in [-0.39, 0.29) is 0 Å². The molecule has 2 saturated carbocycles. The highest BCUT2D eigenvalue weighted by Gasteiger charge is 2.13. The van der Waals surface area contributed by atoms with Gasteiger partial charge in [-0.05, 0) is 51.4 Å². The summed E-state index contributed by atoms with van der Waals surface area (Å²) in [7, 11) is 0. The first kappa shape index (κ1) is 14.6. The van der Waals surface area contributed by atoms with E-state index in [0.717, 1.165) is 17.7 Å². The van der Waals surface area contributed by atoms with E-state index in [1.165, 1.54) is 51.4 Å². The Morgan fingerprint density at radius 1 is 1.06 bits per heavy atom. The highest BCUT2D eigenvalue weighted by atomic mass is 14.9. The van der Waals surface area contributed by atoms with Gasteiger partial charge in [-0.3, -0.25) is 0 Å². The first-order valence-electron chi connectivity index (χ1n) is 7.25. The number of rotatable bonds is 2. The molecule has 2 rings (SSSR count). The van der Waals surface area contributed by atoms with Crippen molar-refractivity contribution in [3.8, 4) is 0 Å². The third-order valence-electron chi connectivity index (χ3n) is 3.87. The quantitative estimate of drug-likeness (QED) is 0.771. The van der Waals surface area contributed by atoms with Crippen LogP contribution in [0.3, 0.4) is 0 Å². The van der Waals surface area contributed by atoms with Gasteiger partial charge in [-0.2, -0.15) is 0 Å². The third-order valence-corrected chi connectivity index (χ3v) is 3.87. The highest BCUT2D eigenvalue weighted by Crippen LogP contribution is 2.21. The van der Waals surface area contributed by atoms with E-state index in [1.54, 1.807) is 0 Å². The van der Waals surface area contributed by atoms with Crippen LogP contribution in [0.4, 0.5) is 0 Å². The molecule has 0 radical (unpaired) electrons. The SMILES string of the molecule is C=C(C)NC1CCCC1.CC1CCC(N)CC1. The topological polar surface area (TPSA) is 38.0 Å². The average Bonchev–Trinajstić information content (AvgIpc) is 2.75. The van der Waals surface area contributed by atoms with Crippen LogP contribution >= 0.6 is 0 Å². The summed E-state index contributed by atoms with van der Waals surface area (Å²) in [5, 5.41) is 3.35. The summed E-state index contributed by atoms with van der Waals surface area (Å²) in [4.78, 5) is 0. The maximum Gasteiger partial charge on any atom is 0.0257 e. The summed E-state index contributed by atoms with van der Waals surface area (Å²) < 4.78 is 0. The van der Waals surface area contributed by atoms with Gasteiger partial charge >= 0.3 is 0 Å². The molecule has 2 heteroatoms. The number of allylic oxidation sites excluding steroid dienone is 1. The van der Waals surface area contributed by atoms with Crippen LogP contribution in [-0.4, -0.2) is 12.1 Å². The number of nitrogens with one attached hydrogen (secondary N) is 1. The van der Waals surface area contributed by atoms with E-state index >= 15 is 0 Å². The van der Waals surface area contributed by atoms with Crippen molar-refractivity contribution in [2.24, 2.45) is 11.7 Å². The fraction of sp³-hybridized carbons (Fsp3) is 0.867. The Kier molecular flexibility index (Phi) is 6.64. The molecule has 3 N–H and O–H groups in total. The van der Waals surface area contributed by atoms with E-state index in [9.17, 15) is 0 Å². The van der Waals surface area contributed by atoms with Gasteiger partial charge in [-0.25, -0.2) is 0 Å². The zero-order valence-corrected chi connectivity index (χ0v) is 11.7. The van der Waals surface area contributed by atoms with Crippen molar-refractivity contribution in [1.82, 2.24) is 5.32 Å². The minimum absolute atomic E-state index is 0.520. The molecule has 100 valence electrons. The molecule has 0 spiro atoms. The van der Waals surface area contributed by atoms with E-state index in [4.69, 9.17) is 5.73 Å². The smallest absolute Gasteiger partial charge is 0.0257 e. The van der Waals surface area contributed by atoms with Gasteiger partial charge in [0.2, 0.25) is 0 Å². The van der Waals surface area contributed by atoms with Crippen LogP contribution < -0.4 is 11.1 Å². The van der Waals surface area contributed by atoms with Crippen LogP contribution in [0.25, 0.3) is 0 Å². The van der Waals surface area contributed by atoms with Crippen molar-refractivity contribution in [3.63, 3.8) is 0 Å². The van der Waals surface area contributed by atoms with Crippen LogP contribution in [0, 0.1) is 5.92 Å². The van der Waals surface area contributed by atoms with Crippen LogP contribution in [0.5, 0.6) is 0 Å². The molecule has 0 saturated heterocycles. The second-order valence-corrected chi connectivity index (χ2v) is 5.93. The Bertz CT molecular complexity index is 201. The summed E-state index contributed by atoms with van der Waals surface area (Å²) in [5.41, 5.74) is 6.81. The molecule has 2 fully saturated rings. The number of hydrogen-bond donors (Lipinski definition) is 2. The molecule has 17 heavy (non-hydrogen) atoms. The van der Waals surface area contributed by atoms with Crippen LogP contribution in [0.2, 0.25) is 0 Å². The van der Waals surface area contributed by atoms with Gasteiger partial charge in [0.15, 0.2) is 0 Å². The largest absolute Gasteiger partial charge is 0.386 e. The Balaban J connectivity index is 0.000000171. The molecule has 0 atom stereocenters. The van der Waals surface area contributed by atoms with Gasteiger partial charge in [0.25, 0.3) is 0 Å². The maximum atomic E-state index is 5.70. The Hall–Kier alpha value is -0.500. The lowest BCUT2D eigenvalue weighted by atomic mass is 9.88. The minimum atomic E-state index is 0.520. The molecule has 0 aromatic rings. The van der Waals surface area contributed by atoms with E-state index in [0.29, 0.717) is 6.04 Å². The predicted octanol–water partition coefficient (Wildman–Crippen LogP) is 3.58. The van der Waals surface area contributed by atoms with Gasteiger partial charge < -0.3 is 11.1 Å². The van der Waals surface area contributed by atoms with Crippen molar-refractivity contribution >= 4 is 0 Å². The summed E-state index contributed by atoms with van der Waals surface area (Å²) >= 11 is 0. The van der Waals surface area contributed by atoms with Crippen molar-refractivity contribution in [1.29, 1.82) is 0 Å². The summed E-state index contributed by atoms with van der Waals surface area (Å²) in [6.07, 6.45) is 10.7. The summed E-state index contributed by atoms with van der Waals surface area (Å²) in [5.74, 6) is 0.940. The van der Waals surface area contributed by atoms with Crippen LogP contribution in [0.1, 0.15) is 65.2 Å². The predicted molar refractivity (Wildman–Crippen MR) is 75.8 cm³/mol. The van der Waals surface area contributed by atoms with Gasteiger partial charge in [-0.1, -0.05) is 26.3 Å². The molecular formula is C15H30N2. The summed E-state index contributed by atoms with van der Waals surface area (Å²) in [6, 6.07) is 1.26. The van der Waals surface area contributed by atoms with Crippen molar-refractivity contribution in [2.45, 2.75) is 77.3 Å². The van der Waals surface area contributed by atoms with Crippen molar-refractivity contribution < 1.29 is 0 Å². The standard InChI is InChI=1S/C8H15N.C7H15N/c1-7(2)9-8-5-3-4-6-8;1-6-2-4-7(8)5-3-6/h8-9H,1,3-6H2,2H3;6-7H,2-5,8H2,1H3. The first-order valence-corrected chi connectivity index (χ1v) is 7.25. The molecule has 0 heterocycles. The molecular weight excluding hydrogens is 208 g/mol. The second-order valence-electron chi connectivity index (χ2n) is 5.93. The van der Waals surface area contributed by atoms with E-state index < -0.39 is 0 Å². The van der Waals surface area contributed by atoms with E-state index in [1.807, 2.05) is 6.92 Å². The minimum Gasteiger partial charge on any atom is -0.386 e. The third kappa shape index (κ3) is 6.72. The molecule has 0 aromatic heterocycles. The molecule has 2 aliphatic rings. The second kappa shape index (κ2) is 7.75. The zero-order chi connectivity index (χ0) is 12.7. The van der Waals surface area contributed by atoms with Gasteiger partial charge in [0.1, 0.15) is 0 Å². The lowest BCUT2D eigenvalue weighted by molar-refractivity contribution is 0.348. The average molecular weight is 238 g/mol. The first-order chi connectivity index (χ1) is 8.08. The Labute approximate surface area is 107 Å². The molecule has 2 nitrogen and oxygen atoms in total. The Morgan fingerprint density at radius 3 is 2.00 bits per heavy atom. The fourth-order valence-corrected chi connectivity index (χ4v) is 2.70. The molecule has 0 unspecified atom stereocenters. The molecule has 0 amide bonds.